The quantitative estimate of drug-likeness (QED) is 0.666. The summed E-state index contributed by atoms with van der Waals surface area (Å²) in [5, 5.41) is 9.19. The number of hydrogen-bond donors (Lipinski definition) is 1. The van der Waals surface area contributed by atoms with Gasteiger partial charge in [-0.2, -0.15) is 4.98 Å². The first-order valence-corrected chi connectivity index (χ1v) is 3.38. The molecule has 0 amide bonds. The van der Waals surface area contributed by atoms with E-state index in [1.807, 2.05) is 0 Å². The molecular weight excluding hydrogens is 158 g/mol. The summed E-state index contributed by atoms with van der Waals surface area (Å²) in [4.78, 5) is 7.83. The van der Waals surface area contributed by atoms with E-state index in [0.717, 1.165) is 0 Å². The monoisotopic (exact) mass is 165 g/mol. The summed E-state index contributed by atoms with van der Waals surface area (Å²) in [6.45, 7) is 0. The Balaban J connectivity index is 2.69. The van der Waals surface area contributed by atoms with Gasteiger partial charge in [0.2, 0.25) is 17.5 Å². The molecule has 2 heterocycles. The molecule has 0 bridgehead atoms. The largest absolute Gasteiger partial charge is 0.493 e. The van der Waals surface area contributed by atoms with Gasteiger partial charge in [0.05, 0.1) is 13.3 Å². The van der Waals surface area contributed by atoms with E-state index >= 15 is 0 Å². The van der Waals surface area contributed by atoms with Gasteiger partial charge in [-0.1, -0.05) is 0 Å². The van der Waals surface area contributed by atoms with E-state index in [1.54, 1.807) is 12.3 Å². The highest BCUT2D eigenvalue weighted by molar-refractivity contribution is 5.35. The topological polar surface area (TPSA) is 59.7 Å². The van der Waals surface area contributed by atoms with E-state index in [1.165, 1.54) is 17.7 Å². The van der Waals surface area contributed by atoms with Gasteiger partial charge in [-0.05, 0) is 0 Å². The fraction of sp³-hybridized carbons (Fsp3) is 0.143. The number of nitrogens with zero attached hydrogens (tertiary/aromatic N) is 3. The maximum Gasteiger partial charge on any atom is 0.240 e. The molecule has 12 heavy (non-hydrogen) atoms. The highest BCUT2D eigenvalue weighted by atomic mass is 16.5. The van der Waals surface area contributed by atoms with Crippen molar-refractivity contribution in [3.63, 3.8) is 0 Å². The van der Waals surface area contributed by atoms with Crippen molar-refractivity contribution in [1.82, 2.24) is 14.4 Å². The van der Waals surface area contributed by atoms with E-state index in [2.05, 4.69) is 9.97 Å². The molecule has 0 atom stereocenters. The summed E-state index contributed by atoms with van der Waals surface area (Å²) in [6, 6.07) is 1.65. The fourth-order valence-electron chi connectivity index (χ4n) is 0.956. The average molecular weight is 165 g/mol. The third kappa shape index (κ3) is 0.868. The number of fused-ring (bicyclic) bond motifs is 1. The zero-order valence-electron chi connectivity index (χ0n) is 6.43. The summed E-state index contributed by atoms with van der Waals surface area (Å²) in [6.07, 6.45) is 2.98. The number of rotatable bonds is 1. The lowest BCUT2D eigenvalue weighted by Gasteiger charge is -1.97. The van der Waals surface area contributed by atoms with Crippen molar-refractivity contribution >= 4 is 5.78 Å². The molecule has 1 N–H and O–H groups in total. The molecule has 0 radical (unpaired) electrons. The molecule has 0 aliphatic carbocycles. The molecule has 2 rings (SSSR count). The van der Waals surface area contributed by atoms with Crippen LogP contribution in [-0.4, -0.2) is 26.6 Å². The number of hydrogen-bond acceptors (Lipinski definition) is 4. The van der Waals surface area contributed by atoms with Crippen LogP contribution in [0.25, 0.3) is 5.78 Å². The van der Waals surface area contributed by atoms with E-state index in [0.29, 0.717) is 11.7 Å². The Kier molecular flexibility index (Phi) is 1.36. The Morgan fingerprint density at radius 2 is 2.42 bits per heavy atom. The molecule has 0 aliphatic rings. The van der Waals surface area contributed by atoms with Gasteiger partial charge in [0.1, 0.15) is 0 Å². The van der Waals surface area contributed by atoms with Crippen LogP contribution in [0.2, 0.25) is 0 Å². The molecule has 0 saturated carbocycles. The van der Waals surface area contributed by atoms with Crippen molar-refractivity contribution in [3.05, 3.63) is 18.5 Å². The number of aromatic hydroxyl groups is 1. The summed E-state index contributed by atoms with van der Waals surface area (Å²) >= 11 is 0. The zero-order valence-corrected chi connectivity index (χ0v) is 6.43. The minimum Gasteiger partial charge on any atom is -0.493 e. The predicted molar refractivity (Wildman–Crippen MR) is 41.2 cm³/mol. The Bertz CT molecular complexity index is 410. The molecule has 0 unspecified atom stereocenters. The summed E-state index contributed by atoms with van der Waals surface area (Å²) < 4.78 is 6.35. The van der Waals surface area contributed by atoms with Gasteiger partial charge in [0.15, 0.2) is 0 Å². The molecule has 5 heteroatoms. The molecule has 0 aliphatic heterocycles. The summed E-state index contributed by atoms with van der Waals surface area (Å²) in [5.74, 6) is 0.972. The fourth-order valence-corrected chi connectivity index (χ4v) is 0.956. The van der Waals surface area contributed by atoms with Crippen molar-refractivity contribution in [2.45, 2.75) is 0 Å². The van der Waals surface area contributed by atoms with Gasteiger partial charge in [-0.3, -0.25) is 4.40 Å². The maximum atomic E-state index is 9.19. The highest BCUT2D eigenvalue weighted by Crippen LogP contribution is 2.13. The molecule has 0 spiro atoms. The molecule has 2 aromatic rings. The van der Waals surface area contributed by atoms with Crippen molar-refractivity contribution in [3.8, 4) is 11.8 Å². The Hall–Kier alpha value is -1.78. The predicted octanol–water partition coefficient (Wildman–Crippen LogP) is 0.443. The second kappa shape index (κ2) is 2.37. The van der Waals surface area contributed by atoms with E-state index < -0.39 is 0 Å². The van der Waals surface area contributed by atoms with Gasteiger partial charge < -0.3 is 9.84 Å². The van der Waals surface area contributed by atoms with Crippen molar-refractivity contribution in [2.75, 3.05) is 7.11 Å². The first-order chi connectivity index (χ1) is 5.81. The lowest BCUT2D eigenvalue weighted by atomic mass is 10.6. The van der Waals surface area contributed by atoms with Crippen molar-refractivity contribution in [2.24, 2.45) is 0 Å². The first-order valence-electron chi connectivity index (χ1n) is 3.38. The van der Waals surface area contributed by atoms with Gasteiger partial charge >= 0.3 is 0 Å². The van der Waals surface area contributed by atoms with E-state index in [4.69, 9.17) is 4.74 Å². The van der Waals surface area contributed by atoms with Crippen molar-refractivity contribution < 1.29 is 9.84 Å². The highest BCUT2D eigenvalue weighted by Gasteiger charge is 2.02. The summed E-state index contributed by atoms with van der Waals surface area (Å²) in [7, 11) is 1.53. The van der Waals surface area contributed by atoms with Crippen LogP contribution in [0.3, 0.4) is 0 Å². The second-order valence-corrected chi connectivity index (χ2v) is 2.26. The molecule has 0 fully saturated rings. The molecule has 2 aromatic heterocycles. The van der Waals surface area contributed by atoms with Gasteiger partial charge in [0, 0.05) is 12.3 Å². The van der Waals surface area contributed by atoms with Crippen LogP contribution in [0, 0.1) is 0 Å². The number of imidazole rings is 1. The SMILES string of the molecule is COc1ccn2c(O)cnc2n1. The Morgan fingerprint density at radius 1 is 1.58 bits per heavy atom. The van der Waals surface area contributed by atoms with Gasteiger partial charge in [0.25, 0.3) is 0 Å². The van der Waals surface area contributed by atoms with Crippen LogP contribution < -0.4 is 4.74 Å². The molecule has 0 saturated heterocycles. The van der Waals surface area contributed by atoms with Gasteiger partial charge in [-0.25, -0.2) is 4.98 Å². The van der Waals surface area contributed by atoms with E-state index in [-0.39, 0.29) is 5.88 Å². The third-order valence-corrected chi connectivity index (χ3v) is 1.54. The van der Waals surface area contributed by atoms with Crippen molar-refractivity contribution in [1.29, 1.82) is 0 Å². The van der Waals surface area contributed by atoms with Crippen LogP contribution in [0.1, 0.15) is 0 Å². The summed E-state index contributed by atoms with van der Waals surface area (Å²) in [5.41, 5.74) is 0. The number of aromatic nitrogens is 3. The Morgan fingerprint density at radius 3 is 3.17 bits per heavy atom. The lowest BCUT2D eigenvalue weighted by molar-refractivity contribution is 0.397. The van der Waals surface area contributed by atoms with Crippen LogP contribution in [0.5, 0.6) is 11.8 Å². The number of ether oxygens (including phenoxy) is 1. The first kappa shape index (κ1) is 6.90. The Labute approximate surface area is 68.3 Å². The average Bonchev–Trinajstić information content (AvgIpc) is 2.47. The minimum atomic E-state index is 0.0696. The lowest BCUT2D eigenvalue weighted by Crippen LogP contribution is -1.91. The maximum absolute atomic E-state index is 9.19. The molecule has 62 valence electrons. The third-order valence-electron chi connectivity index (χ3n) is 1.54. The van der Waals surface area contributed by atoms with Crippen LogP contribution in [0.15, 0.2) is 18.5 Å². The molecule has 5 nitrogen and oxygen atoms in total. The normalized spacial score (nSPS) is 10.4. The second-order valence-electron chi connectivity index (χ2n) is 2.26. The van der Waals surface area contributed by atoms with Crippen LogP contribution >= 0.6 is 0 Å². The standard InChI is InChI=1S/C7H7N3O2/c1-12-5-2-3-10-6(11)4-8-7(10)9-5/h2-4,11H,1H3. The van der Waals surface area contributed by atoms with E-state index in [9.17, 15) is 5.11 Å². The zero-order chi connectivity index (χ0) is 8.55. The van der Waals surface area contributed by atoms with Gasteiger partial charge in [-0.15, -0.1) is 0 Å². The van der Waals surface area contributed by atoms with Crippen LogP contribution in [-0.2, 0) is 0 Å². The minimum absolute atomic E-state index is 0.0696. The smallest absolute Gasteiger partial charge is 0.240 e. The number of methoxy groups -OCH3 is 1. The molecular formula is C7H7N3O2. The molecule has 0 aromatic carbocycles. The van der Waals surface area contributed by atoms with Crippen LogP contribution in [0.4, 0.5) is 0 Å².